The van der Waals surface area contributed by atoms with E-state index in [0.29, 0.717) is 6.42 Å². The van der Waals surface area contributed by atoms with Crippen LogP contribution in [-0.2, 0) is 11.2 Å². The summed E-state index contributed by atoms with van der Waals surface area (Å²) in [6.07, 6.45) is 0.826. The second kappa shape index (κ2) is 4.56. The molecule has 1 aromatic carbocycles. The third-order valence-corrected chi connectivity index (χ3v) is 2.99. The molecule has 86 valence electrons. The highest BCUT2D eigenvalue weighted by molar-refractivity contribution is 5.67. The maximum atomic E-state index is 10.4. The molecule has 3 nitrogen and oxygen atoms in total. The zero-order valence-electron chi connectivity index (χ0n) is 9.52. The fourth-order valence-corrected chi connectivity index (χ4v) is 2.03. The Hall–Kier alpha value is -1.51. The van der Waals surface area contributed by atoms with Gasteiger partial charge in [0.15, 0.2) is 0 Å². The summed E-state index contributed by atoms with van der Waals surface area (Å²) in [5.74, 6) is 0.0623. The minimum absolute atomic E-state index is 0.208. The van der Waals surface area contributed by atoms with Crippen LogP contribution in [0.2, 0.25) is 0 Å². The Morgan fingerprint density at radius 2 is 2.00 bits per heavy atom. The molecule has 0 unspecified atom stereocenters. The second-order valence-corrected chi connectivity index (χ2v) is 4.57. The fourth-order valence-electron chi connectivity index (χ4n) is 2.03. The van der Waals surface area contributed by atoms with Crippen molar-refractivity contribution in [3.63, 3.8) is 0 Å². The number of aryl methyl sites for hydroxylation is 1. The molecule has 1 heterocycles. The van der Waals surface area contributed by atoms with Crippen LogP contribution >= 0.6 is 0 Å². The van der Waals surface area contributed by atoms with Crippen molar-refractivity contribution in [2.45, 2.75) is 19.8 Å². The smallest absolute Gasteiger partial charge is 0.303 e. The highest BCUT2D eigenvalue weighted by Gasteiger charge is 2.22. The molecule has 0 spiro atoms. The van der Waals surface area contributed by atoms with E-state index in [-0.39, 0.29) is 6.42 Å². The molecule has 0 bridgehead atoms. The molecular weight excluding hydrogens is 202 g/mol. The molecular formula is C13H17NO2. The van der Waals surface area contributed by atoms with Crippen molar-refractivity contribution >= 4 is 11.7 Å². The Bertz CT molecular complexity index is 366. The Labute approximate surface area is 95.7 Å². The Kier molecular flexibility index (Phi) is 3.13. The van der Waals surface area contributed by atoms with E-state index in [2.05, 4.69) is 24.0 Å². The first-order valence-electron chi connectivity index (χ1n) is 5.71. The Morgan fingerprint density at radius 3 is 2.50 bits per heavy atom. The first kappa shape index (κ1) is 11.0. The first-order valence-corrected chi connectivity index (χ1v) is 5.71. The molecule has 0 radical (unpaired) electrons. The molecule has 1 N–H and O–H groups in total. The van der Waals surface area contributed by atoms with E-state index in [1.54, 1.807) is 0 Å². The number of benzene rings is 1. The van der Waals surface area contributed by atoms with Crippen molar-refractivity contribution in [1.82, 2.24) is 0 Å². The average molecular weight is 219 g/mol. The zero-order chi connectivity index (χ0) is 11.5. The average Bonchev–Trinajstić information content (AvgIpc) is 2.23. The molecule has 3 heteroatoms. The summed E-state index contributed by atoms with van der Waals surface area (Å²) in [6, 6.07) is 8.23. The van der Waals surface area contributed by atoms with Gasteiger partial charge >= 0.3 is 5.97 Å². The largest absolute Gasteiger partial charge is 0.481 e. The Morgan fingerprint density at radius 1 is 1.38 bits per heavy atom. The topological polar surface area (TPSA) is 40.5 Å². The van der Waals surface area contributed by atoms with Crippen LogP contribution in [0.25, 0.3) is 0 Å². The lowest BCUT2D eigenvalue weighted by Gasteiger charge is -2.39. The highest BCUT2D eigenvalue weighted by atomic mass is 16.4. The molecule has 0 amide bonds. The van der Waals surface area contributed by atoms with Crippen molar-refractivity contribution in [3.05, 3.63) is 29.8 Å². The summed E-state index contributed by atoms with van der Waals surface area (Å²) >= 11 is 0. The number of nitrogens with zero attached hydrogens (tertiary/aromatic N) is 1. The van der Waals surface area contributed by atoms with Gasteiger partial charge in [0, 0.05) is 25.2 Å². The predicted molar refractivity (Wildman–Crippen MR) is 63.8 cm³/mol. The molecule has 1 aliphatic heterocycles. The molecule has 1 fully saturated rings. The van der Waals surface area contributed by atoms with Gasteiger partial charge in [-0.15, -0.1) is 0 Å². The molecule has 1 aliphatic rings. The van der Waals surface area contributed by atoms with E-state index in [9.17, 15) is 4.79 Å². The number of carboxylic acid groups (broad SMARTS) is 1. The van der Waals surface area contributed by atoms with Gasteiger partial charge in [0.25, 0.3) is 0 Å². The zero-order valence-corrected chi connectivity index (χ0v) is 9.52. The SMILES string of the molecule is CC1CN(c2ccc(CCC(=O)O)cc2)C1. The summed E-state index contributed by atoms with van der Waals surface area (Å²) in [7, 11) is 0. The molecule has 2 rings (SSSR count). The maximum Gasteiger partial charge on any atom is 0.303 e. The summed E-state index contributed by atoms with van der Waals surface area (Å²) in [5, 5.41) is 8.59. The monoisotopic (exact) mass is 219 g/mol. The van der Waals surface area contributed by atoms with E-state index < -0.39 is 5.97 Å². The second-order valence-electron chi connectivity index (χ2n) is 4.57. The van der Waals surface area contributed by atoms with Crippen LogP contribution in [0.5, 0.6) is 0 Å². The van der Waals surface area contributed by atoms with Crippen LogP contribution in [0.1, 0.15) is 18.9 Å². The summed E-state index contributed by atoms with van der Waals surface area (Å²) < 4.78 is 0. The molecule has 16 heavy (non-hydrogen) atoms. The van der Waals surface area contributed by atoms with Crippen LogP contribution in [0.3, 0.4) is 0 Å². The van der Waals surface area contributed by atoms with Crippen LogP contribution in [-0.4, -0.2) is 24.2 Å². The van der Waals surface area contributed by atoms with E-state index in [4.69, 9.17) is 5.11 Å². The quantitative estimate of drug-likeness (QED) is 0.843. The number of aliphatic carboxylic acids is 1. The van der Waals surface area contributed by atoms with Crippen LogP contribution in [0.15, 0.2) is 24.3 Å². The standard InChI is InChI=1S/C13H17NO2/c1-10-8-14(9-10)12-5-2-11(3-6-12)4-7-13(15)16/h2-3,5-6,10H,4,7-9H2,1H3,(H,15,16). The lowest BCUT2D eigenvalue weighted by atomic mass is 10.0. The predicted octanol–water partition coefficient (Wildman–Crippen LogP) is 2.16. The van der Waals surface area contributed by atoms with Crippen molar-refractivity contribution in [2.75, 3.05) is 18.0 Å². The minimum atomic E-state index is -0.736. The number of hydrogen-bond donors (Lipinski definition) is 1. The molecule has 1 aromatic rings. The molecule has 0 atom stereocenters. The number of rotatable bonds is 4. The molecule has 0 saturated carbocycles. The lowest BCUT2D eigenvalue weighted by Crippen LogP contribution is -2.45. The first-order chi connectivity index (χ1) is 7.65. The normalized spacial score (nSPS) is 15.9. The van der Waals surface area contributed by atoms with Gasteiger partial charge < -0.3 is 10.0 Å². The maximum absolute atomic E-state index is 10.4. The molecule has 0 aromatic heterocycles. The van der Waals surface area contributed by atoms with Crippen molar-refractivity contribution < 1.29 is 9.90 Å². The fraction of sp³-hybridized carbons (Fsp3) is 0.462. The number of hydrogen-bond acceptors (Lipinski definition) is 2. The van der Waals surface area contributed by atoms with Crippen LogP contribution < -0.4 is 4.90 Å². The van der Waals surface area contributed by atoms with Crippen molar-refractivity contribution in [1.29, 1.82) is 0 Å². The number of carboxylic acids is 1. The van der Waals surface area contributed by atoms with Gasteiger partial charge in [-0.3, -0.25) is 4.79 Å². The van der Waals surface area contributed by atoms with Crippen LogP contribution in [0.4, 0.5) is 5.69 Å². The van der Waals surface area contributed by atoms with E-state index >= 15 is 0 Å². The van der Waals surface area contributed by atoms with Gasteiger partial charge in [0.2, 0.25) is 0 Å². The third kappa shape index (κ3) is 2.54. The summed E-state index contributed by atoms with van der Waals surface area (Å²) in [5.41, 5.74) is 2.34. The van der Waals surface area contributed by atoms with Gasteiger partial charge in [0.1, 0.15) is 0 Å². The van der Waals surface area contributed by atoms with Gasteiger partial charge in [-0.25, -0.2) is 0 Å². The van der Waals surface area contributed by atoms with Crippen molar-refractivity contribution in [3.8, 4) is 0 Å². The number of anilines is 1. The van der Waals surface area contributed by atoms with Gasteiger partial charge in [-0.1, -0.05) is 19.1 Å². The molecule has 0 aliphatic carbocycles. The highest BCUT2D eigenvalue weighted by Crippen LogP contribution is 2.24. The van der Waals surface area contributed by atoms with Crippen LogP contribution in [0, 0.1) is 5.92 Å². The summed E-state index contributed by atoms with van der Waals surface area (Å²) in [4.78, 5) is 12.8. The molecule has 1 saturated heterocycles. The minimum Gasteiger partial charge on any atom is -0.481 e. The van der Waals surface area contributed by atoms with Gasteiger partial charge in [0.05, 0.1) is 0 Å². The van der Waals surface area contributed by atoms with E-state index in [1.165, 1.54) is 5.69 Å². The number of carbonyl (C=O) groups is 1. The lowest BCUT2D eigenvalue weighted by molar-refractivity contribution is -0.136. The van der Waals surface area contributed by atoms with E-state index in [1.807, 2.05) is 12.1 Å². The van der Waals surface area contributed by atoms with Crippen molar-refractivity contribution in [2.24, 2.45) is 5.92 Å². The third-order valence-electron chi connectivity index (χ3n) is 2.99. The van der Waals surface area contributed by atoms with E-state index in [0.717, 1.165) is 24.6 Å². The van der Waals surface area contributed by atoms with Gasteiger partial charge in [-0.05, 0) is 30.0 Å². The Balaban J connectivity index is 1.91. The summed E-state index contributed by atoms with van der Waals surface area (Å²) in [6.45, 7) is 4.51. The van der Waals surface area contributed by atoms with Gasteiger partial charge in [-0.2, -0.15) is 0 Å².